The molecule has 33 heavy (non-hydrogen) atoms. The first-order valence-corrected chi connectivity index (χ1v) is 11.5. The fourth-order valence-corrected chi connectivity index (χ4v) is 4.74. The van der Waals surface area contributed by atoms with E-state index in [-0.39, 0.29) is 5.91 Å². The number of piperazine rings is 1. The van der Waals surface area contributed by atoms with Gasteiger partial charge >= 0.3 is 0 Å². The Morgan fingerprint density at radius 2 is 1.52 bits per heavy atom. The summed E-state index contributed by atoms with van der Waals surface area (Å²) in [6, 6.07) is 20.6. The molecule has 1 fully saturated rings. The van der Waals surface area contributed by atoms with Crippen LogP contribution in [0, 0.1) is 11.6 Å². The standard InChI is InChI=1S/C27H27F2N3O/c28-24-9-6-21(16-25(24)29)18-30-12-14-31(15-13-30)23-8-10-26-22(17-23)7-11-27(33)32(26)19-20-4-2-1-3-5-20/h1-6,8-10,16-17H,7,11-15,18-19H2. The quantitative estimate of drug-likeness (QED) is 0.564. The third kappa shape index (κ3) is 4.76. The molecule has 5 rings (SSSR count). The third-order valence-corrected chi connectivity index (χ3v) is 6.57. The van der Waals surface area contributed by atoms with Crippen LogP contribution >= 0.6 is 0 Å². The molecule has 0 aromatic heterocycles. The van der Waals surface area contributed by atoms with Gasteiger partial charge in [-0.1, -0.05) is 36.4 Å². The van der Waals surface area contributed by atoms with Crippen LogP contribution in [-0.2, 0) is 24.3 Å². The van der Waals surface area contributed by atoms with Crippen LogP contribution in [0.2, 0.25) is 0 Å². The summed E-state index contributed by atoms with van der Waals surface area (Å²) in [7, 11) is 0. The van der Waals surface area contributed by atoms with E-state index in [4.69, 9.17) is 0 Å². The third-order valence-electron chi connectivity index (χ3n) is 6.57. The number of halogens is 2. The predicted molar refractivity (Wildman–Crippen MR) is 126 cm³/mol. The van der Waals surface area contributed by atoms with E-state index in [1.165, 1.54) is 23.4 Å². The van der Waals surface area contributed by atoms with Crippen molar-refractivity contribution in [3.63, 3.8) is 0 Å². The maximum absolute atomic E-state index is 13.5. The second kappa shape index (κ2) is 9.32. The lowest BCUT2D eigenvalue weighted by Crippen LogP contribution is -2.46. The van der Waals surface area contributed by atoms with Crippen LogP contribution in [0.1, 0.15) is 23.1 Å². The number of rotatable bonds is 5. The van der Waals surface area contributed by atoms with Crippen LogP contribution in [0.5, 0.6) is 0 Å². The number of amides is 1. The van der Waals surface area contributed by atoms with Gasteiger partial charge < -0.3 is 9.80 Å². The highest BCUT2D eigenvalue weighted by atomic mass is 19.2. The summed E-state index contributed by atoms with van der Waals surface area (Å²) in [5, 5.41) is 0. The molecule has 2 heterocycles. The minimum absolute atomic E-state index is 0.171. The number of hydrogen-bond acceptors (Lipinski definition) is 3. The minimum atomic E-state index is -0.806. The number of benzene rings is 3. The van der Waals surface area contributed by atoms with Crippen molar-refractivity contribution >= 4 is 17.3 Å². The number of hydrogen-bond donors (Lipinski definition) is 0. The van der Waals surface area contributed by atoms with Gasteiger partial charge in [-0.3, -0.25) is 9.69 Å². The number of carbonyl (C=O) groups excluding carboxylic acids is 1. The summed E-state index contributed by atoms with van der Waals surface area (Å²) in [5.41, 5.74) is 5.32. The Balaban J connectivity index is 1.25. The molecule has 0 N–H and O–H groups in total. The van der Waals surface area contributed by atoms with E-state index in [1.54, 1.807) is 6.07 Å². The Kier molecular flexibility index (Phi) is 6.09. The molecule has 3 aromatic rings. The van der Waals surface area contributed by atoms with Crippen molar-refractivity contribution in [1.82, 2.24) is 4.90 Å². The molecule has 0 bridgehead atoms. The van der Waals surface area contributed by atoms with Gasteiger partial charge in [-0.15, -0.1) is 0 Å². The van der Waals surface area contributed by atoms with Crippen LogP contribution in [0.15, 0.2) is 66.7 Å². The van der Waals surface area contributed by atoms with Crippen molar-refractivity contribution in [3.8, 4) is 0 Å². The Morgan fingerprint density at radius 1 is 0.727 bits per heavy atom. The van der Waals surface area contributed by atoms with Gasteiger partial charge in [-0.2, -0.15) is 0 Å². The minimum Gasteiger partial charge on any atom is -0.369 e. The van der Waals surface area contributed by atoms with Crippen molar-refractivity contribution < 1.29 is 13.6 Å². The second-order valence-electron chi connectivity index (χ2n) is 8.79. The summed E-state index contributed by atoms with van der Waals surface area (Å²) in [6.45, 7) is 4.66. The van der Waals surface area contributed by atoms with E-state index in [1.807, 2.05) is 23.1 Å². The molecule has 1 saturated heterocycles. The van der Waals surface area contributed by atoms with Gasteiger partial charge in [0.1, 0.15) is 0 Å². The first-order chi connectivity index (χ1) is 16.1. The monoisotopic (exact) mass is 447 g/mol. The van der Waals surface area contributed by atoms with E-state index in [0.717, 1.165) is 49.4 Å². The zero-order valence-corrected chi connectivity index (χ0v) is 18.5. The van der Waals surface area contributed by atoms with Crippen molar-refractivity contribution in [2.45, 2.75) is 25.9 Å². The van der Waals surface area contributed by atoms with Gasteiger partial charge in [0.05, 0.1) is 6.54 Å². The molecular weight excluding hydrogens is 420 g/mol. The fraction of sp³-hybridized carbons (Fsp3) is 0.296. The molecule has 0 unspecified atom stereocenters. The number of aryl methyl sites for hydroxylation is 1. The van der Waals surface area contributed by atoms with Crippen LogP contribution in [0.25, 0.3) is 0 Å². The van der Waals surface area contributed by atoms with E-state index in [2.05, 4.69) is 40.1 Å². The molecule has 2 aliphatic rings. The molecule has 6 heteroatoms. The summed E-state index contributed by atoms with van der Waals surface area (Å²) < 4.78 is 26.7. The van der Waals surface area contributed by atoms with Gasteiger partial charge in [-0.25, -0.2) is 8.78 Å². The molecule has 4 nitrogen and oxygen atoms in total. The largest absolute Gasteiger partial charge is 0.369 e. The Morgan fingerprint density at radius 3 is 2.27 bits per heavy atom. The molecule has 0 spiro atoms. The second-order valence-corrected chi connectivity index (χ2v) is 8.79. The Bertz CT molecular complexity index is 1140. The summed E-state index contributed by atoms with van der Waals surface area (Å²) >= 11 is 0. The van der Waals surface area contributed by atoms with Gasteiger partial charge in [0.25, 0.3) is 0 Å². The van der Waals surface area contributed by atoms with E-state index in [0.29, 0.717) is 19.5 Å². The first-order valence-electron chi connectivity index (χ1n) is 11.5. The molecule has 0 atom stereocenters. The number of fused-ring (bicyclic) bond motifs is 1. The average Bonchev–Trinajstić information content (AvgIpc) is 2.84. The number of nitrogens with zero attached hydrogens (tertiary/aromatic N) is 3. The van der Waals surface area contributed by atoms with Gasteiger partial charge in [-0.05, 0) is 53.4 Å². The van der Waals surface area contributed by atoms with Crippen LogP contribution in [-0.4, -0.2) is 37.0 Å². The summed E-state index contributed by atoms with van der Waals surface area (Å²) in [6.07, 6.45) is 1.30. The van der Waals surface area contributed by atoms with Crippen LogP contribution in [0.4, 0.5) is 20.2 Å². The van der Waals surface area contributed by atoms with Crippen molar-refractivity contribution in [2.75, 3.05) is 36.0 Å². The molecule has 2 aliphatic heterocycles. The lowest BCUT2D eigenvalue weighted by molar-refractivity contribution is -0.119. The molecule has 0 radical (unpaired) electrons. The molecule has 0 saturated carbocycles. The normalized spacial score (nSPS) is 16.7. The average molecular weight is 448 g/mol. The van der Waals surface area contributed by atoms with E-state index >= 15 is 0 Å². The Labute approximate surface area is 193 Å². The Hall–Kier alpha value is -3.25. The highest BCUT2D eigenvalue weighted by Crippen LogP contribution is 2.33. The summed E-state index contributed by atoms with van der Waals surface area (Å²) in [4.78, 5) is 19.2. The number of carbonyl (C=O) groups is 1. The van der Waals surface area contributed by atoms with E-state index < -0.39 is 11.6 Å². The lowest BCUT2D eigenvalue weighted by Gasteiger charge is -2.37. The molecule has 170 valence electrons. The summed E-state index contributed by atoms with van der Waals surface area (Å²) in [5.74, 6) is -1.43. The van der Waals surface area contributed by atoms with E-state index in [9.17, 15) is 13.6 Å². The fourth-order valence-electron chi connectivity index (χ4n) is 4.74. The molecule has 1 amide bonds. The highest BCUT2D eigenvalue weighted by Gasteiger charge is 2.26. The van der Waals surface area contributed by atoms with Crippen LogP contribution < -0.4 is 9.80 Å². The molecule has 0 aliphatic carbocycles. The van der Waals surface area contributed by atoms with Crippen molar-refractivity contribution in [1.29, 1.82) is 0 Å². The smallest absolute Gasteiger partial charge is 0.227 e. The highest BCUT2D eigenvalue weighted by molar-refractivity contribution is 5.96. The van der Waals surface area contributed by atoms with Crippen LogP contribution in [0.3, 0.4) is 0 Å². The first kappa shape index (κ1) is 21.6. The SMILES string of the molecule is O=C1CCc2cc(N3CCN(Cc4ccc(F)c(F)c4)CC3)ccc2N1Cc1ccccc1. The lowest BCUT2D eigenvalue weighted by atomic mass is 9.99. The van der Waals surface area contributed by atoms with Crippen molar-refractivity contribution in [3.05, 3.63) is 95.1 Å². The maximum Gasteiger partial charge on any atom is 0.227 e. The molecule has 3 aromatic carbocycles. The molecular formula is C27H27F2N3O. The maximum atomic E-state index is 13.5. The van der Waals surface area contributed by atoms with Gasteiger partial charge in [0.15, 0.2) is 11.6 Å². The zero-order chi connectivity index (χ0) is 22.8. The zero-order valence-electron chi connectivity index (χ0n) is 18.5. The van der Waals surface area contributed by atoms with Gasteiger partial charge in [0, 0.05) is 50.5 Å². The van der Waals surface area contributed by atoms with Crippen molar-refractivity contribution in [2.24, 2.45) is 0 Å². The predicted octanol–water partition coefficient (Wildman–Crippen LogP) is 4.77. The topological polar surface area (TPSA) is 26.8 Å². The number of anilines is 2. The van der Waals surface area contributed by atoms with Gasteiger partial charge in [0.2, 0.25) is 5.91 Å².